The van der Waals surface area contributed by atoms with Gasteiger partial charge in [0, 0.05) is 45.6 Å². The maximum atomic E-state index is 11.0. The number of rotatable bonds is 5. The summed E-state index contributed by atoms with van der Waals surface area (Å²) in [7, 11) is 0. The van der Waals surface area contributed by atoms with E-state index in [0.717, 1.165) is 11.1 Å². The van der Waals surface area contributed by atoms with Crippen molar-refractivity contribution in [1.29, 1.82) is 0 Å². The van der Waals surface area contributed by atoms with Crippen molar-refractivity contribution >= 4 is 0 Å². The number of benzene rings is 2. The minimum Gasteiger partial charge on any atom is -0.396 e. The summed E-state index contributed by atoms with van der Waals surface area (Å²) in [5, 5.41) is 20.0. The minimum absolute atomic E-state index is 0. The van der Waals surface area contributed by atoms with Crippen LogP contribution in [0.4, 0.5) is 0 Å². The van der Waals surface area contributed by atoms with Gasteiger partial charge >= 0.3 is 0 Å². The summed E-state index contributed by atoms with van der Waals surface area (Å²) in [5.41, 5.74) is 0.708. The van der Waals surface area contributed by atoms with Crippen molar-refractivity contribution in [2.24, 2.45) is 0 Å². The third-order valence-electron chi connectivity index (χ3n) is 5.87. The Morgan fingerprint density at radius 3 is 1.03 bits per heavy atom. The molecule has 0 atom stereocenters. The molecule has 198 valence electrons. The zero-order valence-corrected chi connectivity index (χ0v) is 24.7. The molecule has 4 rings (SSSR count). The van der Waals surface area contributed by atoms with Crippen molar-refractivity contribution in [3.63, 3.8) is 0 Å². The number of aliphatic hydroxyl groups excluding tert-OH is 1. The Morgan fingerprint density at radius 1 is 0.500 bits per heavy atom. The standard InChI is InChI=1S/C16H18O2.2C8H12.2Ru/c17-13-7-12-16(18,14-8-3-1-4-9-14)15-10-5-2-6-11-15;2*1-2-4-6-8-7-5-3-1;;/h1-6,8-11,17-18H,7,12-13H2;2*1-2,7-8H,3-6H2;;/b;2*2-1-,8-7-;;. The zero-order valence-electron chi connectivity index (χ0n) is 21.3. The molecule has 2 aliphatic carbocycles. The number of allylic oxidation sites excluding steroid dienone is 8. The molecule has 0 aliphatic heterocycles. The first-order chi connectivity index (χ1) is 16.8. The van der Waals surface area contributed by atoms with Crippen molar-refractivity contribution in [2.45, 2.75) is 69.8 Å². The molecule has 2 aromatic carbocycles. The molecule has 0 fully saturated rings. The van der Waals surface area contributed by atoms with Gasteiger partial charge in [-0.1, -0.05) is 109 Å². The molecule has 2 aromatic rings. The first-order valence-electron chi connectivity index (χ1n) is 12.8. The Kier molecular flexibility index (Phi) is 21.8. The first-order valence-corrected chi connectivity index (χ1v) is 12.8. The van der Waals surface area contributed by atoms with Gasteiger partial charge in [0.25, 0.3) is 0 Å². The Labute approximate surface area is 244 Å². The second kappa shape index (κ2) is 22.7. The summed E-state index contributed by atoms with van der Waals surface area (Å²) in [4.78, 5) is 0. The molecular formula is C32H42O2Ru2. The van der Waals surface area contributed by atoms with Gasteiger partial charge < -0.3 is 10.2 Å². The molecule has 4 heteroatoms. The van der Waals surface area contributed by atoms with Crippen molar-refractivity contribution in [3.8, 4) is 0 Å². The van der Waals surface area contributed by atoms with Crippen LogP contribution in [0.5, 0.6) is 0 Å². The normalized spacial score (nSPS) is 18.2. The van der Waals surface area contributed by atoms with Gasteiger partial charge in [-0.15, -0.1) is 0 Å². The van der Waals surface area contributed by atoms with E-state index in [1.54, 1.807) is 0 Å². The van der Waals surface area contributed by atoms with Crippen LogP contribution in [0.3, 0.4) is 0 Å². The van der Waals surface area contributed by atoms with Gasteiger partial charge in [0.2, 0.25) is 0 Å². The van der Waals surface area contributed by atoms with Crippen molar-refractivity contribution in [1.82, 2.24) is 0 Å². The van der Waals surface area contributed by atoms with E-state index in [2.05, 4.69) is 48.6 Å². The summed E-state index contributed by atoms with van der Waals surface area (Å²) in [6, 6.07) is 19.2. The van der Waals surface area contributed by atoms with Crippen LogP contribution in [0.2, 0.25) is 0 Å². The summed E-state index contributed by atoms with van der Waals surface area (Å²) < 4.78 is 0. The molecule has 2 aliphatic rings. The van der Waals surface area contributed by atoms with Crippen molar-refractivity contribution in [3.05, 3.63) is 120 Å². The molecule has 0 bridgehead atoms. The number of hydrogen-bond donors (Lipinski definition) is 2. The van der Waals surface area contributed by atoms with Gasteiger partial charge in [-0.05, 0) is 75.3 Å². The van der Waals surface area contributed by atoms with Crippen LogP contribution < -0.4 is 0 Å². The Hall–Kier alpha value is -1.43. The molecule has 0 spiro atoms. The van der Waals surface area contributed by atoms with Gasteiger partial charge in [-0.3, -0.25) is 0 Å². The van der Waals surface area contributed by atoms with E-state index in [4.69, 9.17) is 5.11 Å². The van der Waals surface area contributed by atoms with Crippen LogP contribution in [-0.4, -0.2) is 16.8 Å². The molecule has 36 heavy (non-hydrogen) atoms. The maximum Gasteiger partial charge on any atom is 0.115 e. The van der Waals surface area contributed by atoms with E-state index in [0.29, 0.717) is 12.8 Å². The first kappa shape index (κ1) is 34.6. The van der Waals surface area contributed by atoms with Crippen molar-refractivity contribution < 1.29 is 49.2 Å². The number of aliphatic hydroxyl groups is 2. The molecule has 0 radical (unpaired) electrons. The molecule has 0 saturated carbocycles. The summed E-state index contributed by atoms with van der Waals surface area (Å²) >= 11 is 0. The van der Waals surface area contributed by atoms with Crippen LogP contribution in [0, 0.1) is 0 Å². The van der Waals surface area contributed by atoms with Gasteiger partial charge in [0.1, 0.15) is 5.60 Å². The van der Waals surface area contributed by atoms with E-state index in [1.807, 2.05) is 60.7 Å². The number of hydrogen-bond acceptors (Lipinski definition) is 2. The Morgan fingerprint density at radius 2 is 0.778 bits per heavy atom. The Balaban J connectivity index is 0.000000569. The second-order valence-electron chi connectivity index (χ2n) is 8.61. The predicted molar refractivity (Wildman–Crippen MR) is 146 cm³/mol. The zero-order chi connectivity index (χ0) is 24.2. The molecule has 0 heterocycles. The topological polar surface area (TPSA) is 40.5 Å². The van der Waals surface area contributed by atoms with Gasteiger partial charge in [-0.25, -0.2) is 0 Å². The van der Waals surface area contributed by atoms with E-state index in [9.17, 15) is 5.11 Å². The fraction of sp³-hybridized carbons (Fsp3) is 0.375. The largest absolute Gasteiger partial charge is 0.396 e. The minimum atomic E-state index is -1.02. The van der Waals surface area contributed by atoms with E-state index >= 15 is 0 Å². The fourth-order valence-electron chi connectivity index (χ4n) is 3.93. The van der Waals surface area contributed by atoms with Crippen LogP contribution in [0.1, 0.15) is 75.3 Å². The van der Waals surface area contributed by atoms with E-state index in [1.165, 1.54) is 51.4 Å². The molecular weight excluding hydrogens is 618 g/mol. The Bertz CT molecular complexity index is 754. The van der Waals surface area contributed by atoms with Gasteiger partial charge in [0.15, 0.2) is 0 Å². The van der Waals surface area contributed by atoms with E-state index in [-0.39, 0.29) is 45.6 Å². The van der Waals surface area contributed by atoms with Crippen LogP contribution in [0.15, 0.2) is 109 Å². The maximum absolute atomic E-state index is 11.0. The summed E-state index contributed by atoms with van der Waals surface area (Å²) in [5.74, 6) is 0. The van der Waals surface area contributed by atoms with Crippen molar-refractivity contribution in [2.75, 3.05) is 6.61 Å². The van der Waals surface area contributed by atoms with Crippen LogP contribution >= 0.6 is 0 Å². The van der Waals surface area contributed by atoms with Gasteiger partial charge in [-0.2, -0.15) is 0 Å². The smallest absolute Gasteiger partial charge is 0.115 e. The molecule has 2 nitrogen and oxygen atoms in total. The van der Waals surface area contributed by atoms with Crippen LogP contribution in [-0.2, 0) is 44.6 Å². The SMILES string of the molecule is C1=C\CC/C=C\CC/1.C1=C\CC/C=C\CC/1.OCCCC(O)(c1ccccc1)c1ccccc1.[Ru].[Ru]. The third-order valence-corrected chi connectivity index (χ3v) is 5.87. The predicted octanol–water partition coefficient (Wildman–Crippen LogP) is 8.04. The van der Waals surface area contributed by atoms with Gasteiger partial charge in [0.05, 0.1) is 0 Å². The summed E-state index contributed by atoms with van der Waals surface area (Å²) in [6.45, 7) is 0.0853. The quantitative estimate of drug-likeness (QED) is 0.252. The second-order valence-corrected chi connectivity index (χ2v) is 8.61. The average Bonchev–Trinajstić information content (AvgIpc) is 2.84. The molecule has 2 N–H and O–H groups in total. The van der Waals surface area contributed by atoms with E-state index < -0.39 is 5.60 Å². The molecule has 0 unspecified atom stereocenters. The molecule has 0 aromatic heterocycles. The molecule has 0 amide bonds. The fourth-order valence-corrected chi connectivity index (χ4v) is 3.93. The van der Waals surface area contributed by atoms with Crippen LogP contribution in [0.25, 0.3) is 0 Å². The average molecular weight is 661 g/mol. The molecule has 0 saturated heterocycles. The summed E-state index contributed by atoms with van der Waals surface area (Å²) in [6.07, 6.45) is 29.1. The monoisotopic (exact) mass is 662 g/mol. The third kappa shape index (κ3) is 14.3.